The fraction of sp³-hybridized carbons (Fsp3) is 0.125. The Bertz CT molecular complexity index is 1080. The number of carboxylic acids is 1. The number of carboxylic acid groups (broad SMARTS) is 1. The number of aromatic carboxylic acids is 1. The molecule has 3 aromatic rings. The Morgan fingerprint density at radius 3 is 2.59 bits per heavy atom. The van der Waals surface area contributed by atoms with Crippen molar-refractivity contribution in [2.45, 2.75) is 6.18 Å². The maximum absolute atomic E-state index is 13.0. The topological polar surface area (TPSA) is 113 Å². The number of carbonyl (C=O) groups excluding carboxylic acids is 1. The average molecular weight is 450 g/mol. The fourth-order valence-electron chi connectivity index (χ4n) is 2.53. The molecule has 1 amide bonds. The van der Waals surface area contributed by atoms with Gasteiger partial charge in [0.2, 0.25) is 0 Å². The minimum Gasteiger partial charge on any atom is -0.478 e. The molecule has 29 heavy (non-hydrogen) atoms. The Labute approximate surface area is 172 Å². The number of halogens is 5. The van der Waals surface area contributed by atoms with Gasteiger partial charge >= 0.3 is 12.1 Å². The van der Waals surface area contributed by atoms with Crippen LogP contribution in [-0.2, 0) is 13.2 Å². The molecule has 3 rings (SSSR count). The molecule has 2 heterocycles. The van der Waals surface area contributed by atoms with Crippen LogP contribution in [0.1, 0.15) is 26.7 Å². The monoisotopic (exact) mass is 449 g/mol. The molecule has 0 aliphatic heterocycles. The van der Waals surface area contributed by atoms with Gasteiger partial charge in [-0.25, -0.2) is 9.78 Å². The highest BCUT2D eigenvalue weighted by molar-refractivity contribution is 6.33. The summed E-state index contributed by atoms with van der Waals surface area (Å²) in [5.41, 5.74) is -1.29. The van der Waals surface area contributed by atoms with E-state index in [0.29, 0.717) is 0 Å². The van der Waals surface area contributed by atoms with Gasteiger partial charge in [0.1, 0.15) is 0 Å². The van der Waals surface area contributed by atoms with E-state index in [-0.39, 0.29) is 45.8 Å². The lowest BCUT2D eigenvalue weighted by atomic mass is 10.2. The summed E-state index contributed by atoms with van der Waals surface area (Å²) in [5.74, 6) is -2.11. The zero-order chi connectivity index (χ0) is 20.6. The molecule has 0 bridgehead atoms. The molecule has 2 aromatic heterocycles. The van der Waals surface area contributed by atoms with Crippen LogP contribution in [0.4, 0.5) is 18.9 Å². The molecule has 0 fully saturated rings. The first-order chi connectivity index (χ1) is 13.1. The van der Waals surface area contributed by atoms with Crippen LogP contribution in [0.25, 0.3) is 11.3 Å². The third kappa shape index (κ3) is 4.35. The molecule has 3 N–H and O–H groups in total. The van der Waals surface area contributed by atoms with Gasteiger partial charge in [-0.05, 0) is 18.2 Å². The highest BCUT2D eigenvalue weighted by atomic mass is 35.5. The number of imidazole rings is 1. The number of anilines is 1. The Morgan fingerprint density at radius 1 is 1.31 bits per heavy atom. The lowest BCUT2D eigenvalue weighted by Gasteiger charge is -2.09. The highest BCUT2D eigenvalue weighted by Crippen LogP contribution is 2.35. The summed E-state index contributed by atoms with van der Waals surface area (Å²) >= 11 is 5.85. The molecule has 0 spiro atoms. The zero-order valence-electron chi connectivity index (χ0n) is 14.4. The van der Waals surface area contributed by atoms with Crippen LogP contribution < -0.4 is 5.32 Å². The number of aromatic nitrogens is 4. The van der Waals surface area contributed by atoms with E-state index in [1.54, 1.807) is 0 Å². The number of benzene rings is 1. The molecule has 8 nitrogen and oxygen atoms in total. The van der Waals surface area contributed by atoms with Gasteiger partial charge < -0.3 is 15.0 Å². The highest BCUT2D eigenvalue weighted by Gasteiger charge is 2.37. The lowest BCUT2D eigenvalue weighted by Crippen LogP contribution is -2.17. The molecule has 13 heteroatoms. The van der Waals surface area contributed by atoms with Crippen LogP contribution in [0.15, 0.2) is 30.6 Å². The molecule has 0 aliphatic rings. The van der Waals surface area contributed by atoms with E-state index in [9.17, 15) is 22.8 Å². The first kappa shape index (κ1) is 22.2. The van der Waals surface area contributed by atoms with Gasteiger partial charge in [0.25, 0.3) is 5.91 Å². The number of amides is 1. The van der Waals surface area contributed by atoms with Crippen LogP contribution in [0.5, 0.6) is 0 Å². The Kier molecular flexibility index (Phi) is 6.24. The molecule has 0 unspecified atom stereocenters. The summed E-state index contributed by atoms with van der Waals surface area (Å²) in [5, 5.41) is 16.7. The van der Waals surface area contributed by atoms with E-state index in [4.69, 9.17) is 16.7 Å². The second kappa shape index (κ2) is 8.13. The van der Waals surface area contributed by atoms with Crippen molar-refractivity contribution in [3.63, 3.8) is 0 Å². The third-order valence-corrected chi connectivity index (χ3v) is 4.15. The Hall–Kier alpha value is -3.05. The minimum atomic E-state index is -4.68. The van der Waals surface area contributed by atoms with Crippen molar-refractivity contribution in [3.05, 3.63) is 52.7 Å². The predicted molar refractivity (Wildman–Crippen MR) is 99.4 cm³/mol. The molecule has 0 saturated carbocycles. The van der Waals surface area contributed by atoms with Crippen LogP contribution in [0, 0.1) is 0 Å². The van der Waals surface area contributed by atoms with Gasteiger partial charge in [0.05, 0.1) is 28.0 Å². The van der Waals surface area contributed by atoms with Crippen LogP contribution in [-0.4, -0.2) is 36.7 Å². The van der Waals surface area contributed by atoms with Crippen molar-refractivity contribution in [1.29, 1.82) is 0 Å². The van der Waals surface area contributed by atoms with Crippen LogP contribution in [0.2, 0.25) is 5.02 Å². The summed E-state index contributed by atoms with van der Waals surface area (Å²) < 4.78 is 40.3. The zero-order valence-corrected chi connectivity index (χ0v) is 16.0. The molecule has 0 radical (unpaired) electrons. The fourth-order valence-corrected chi connectivity index (χ4v) is 2.79. The summed E-state index contributed by atoms with van der Waals surface area (Å²) in [6.07, 6.45) is -2.49. The van der Waals surface area contributed by atoms with Crippen molar-refractivity contribution >= 4 is 41.6 Å². The van der Waals surface area contributed by atoms with Gasteiger partial charge in [0.15, 0.2) is 11.5 Å². The third-order valence-electron chi connectivity index (χ3n) is 3.83. The standard InChI is InChI=1S/C16H11ClF3N5O3.ClH/c1-25-11(9-5-22-24-12(9)16(18,19)20)6-21-13(25)14(26)23-7-2-3-8(15(27)28)10(17)4-7;/h2-6H,1H3,(H,22,24)(H,23,26)(H,27,28);1H. The number of hydrogen-bond donors (Lipinski definition) is 3. The van der Waals surface area contributed by atoms with Crippen molar-refractivity contribution in [2.75, 3.05) is 5.32 Å². The van der Waals surface area contributed by atoms with E-state index < -0.39 is 23.7 Å². The molecule has 1 aromatic carbocycles. The predicted octanol–water partition coefficient (Wildman–Crippen LogP) is 3.85. The van der Waals surface area contributed by atoms with E-state index in [1.165, 1.54) is 29.8 Å². The number of nitrogens with zero attached hydrogens (tertiary/aromatic N) is 3. The lowest BCUT2D eigenvalue weighted by molar-refractivity contribution is -0.140. The number of hydrogen-bond acceptors (Lipinski definition) is 4. The van der Waals surface area contributed by atoms with Gasteiger partial charge in [-0.2, -0.15) is 18.3 Å². The van der Waals surface area contributed by atoms with Gasteiger partial charge in [0, 0.05) is 18.9 Å². The Morgan fingerprint density at radius 2 is 2.00 bits per heavy atom. The summed E-state index contributed by atoms with van der Waals surface area (Å²) in [7, 11) is 1.38. The number of nitrogens with one attached hydrogen (secondary N) is 2. The molecule has 0 atom stereocenters. The first-order valence-corrected chi connectivity index (χ1v) is 7.94. The second-order valence-electron chi connectivity index (χ2n) is 5.63. The van der Waals surface area contributed by atoms with E-state index in [0.717, 1.165) is 12.4 Å². The number of carbonyl (C=O) groups is 2. The van der Waals surface area contributed by atoms with E-state index in [2.05, 4.69) is 20.5 Å². The van der Waals surface area contributed by atoms with Crippen molar-refractivity contribution < 1.29 is 27.9 Å². The van der Waals surface area contributed by atoms with E-state index >= 15 is 0 Å². The average Bonchev–Trinajstić information content (AvgIpc) is 3.20. The van der Waals surface area contributed by atoms with Gasteiger partial charge in [-0.1, -0.05) is 11.6 Å². The number of rotatable bonds is 4. The number of aromatic amines is 1. The van der Waals surface area contributed by atoms with Crippen molar-refractivity contribution in [2.24, 2.45) is 7.05 Å². The van der Waals surface area contributed by atoms with Crippen molar-refractivity contribution in [1.82, 2.24) is 19.7 Å². The maximum Gasteiger partial charge on any atom is 0.435 e. The molecule has 0 aliphatic carbocycles. The summed E-state index contributed by atoms with van der Waals surface area (Å²) in [4.78, 5) is 27.3. The van der Waals surface area contributed by atoms with Crippen molar-refractivity contribution in [3.8, 4) is 11.3 Å². The SMILES string of the molecule is Cl.Cn1c(-c2c[nH]nc2C(F)(F)F)cnc1C(=O)Nc1ccc(C(=O)O)c(Cl)c1. The molecular weight excluding hydrogens is 438 g/mol. The molecular formula is C16H12Cl2F3N5O3. The largest absolute Gasteiger partial charge is 0.478 e. The normalized spacial score (nSPS) is 11.1. The summed E-state index contributed by atoms with van der Waals surface area (Å²) in [6, 6.07) is 3.78. The minimum absolute atomic E-state index is 0. The Balaban J connectivity index is 0.00000300. The smallest absolute Gasteiger partial charge is 0.435 e. The number of alkyl halides is 3. The second-order valence-corrected chi connectivity index (χ2v) is 6.03. The maximum atomic E-state index is 13.0. The first-order valence-electron chi connectivity index (χ1n) is 7.57. The van der Waals surface area contributed by atoms with Gasteiger partial charge in [-0.3, -0.25) is 9.89 Å². The quantitative estimate of drug-likeness (QED) is 0.559. The molecule has 0 saturated heterocycles. The van der Waals surface area contributed by atoms with Gasteiger partial charge in [-0.15, -0.1) is 12.4 Å². The molecule has 154 valence electrons. The number of H-pyrrole nitrogens is 1. The van der Waals surface area contributed by atoms with Crippen LogP contribution >= 0.6 is 24.0 Å². The van der Waals surface area contributed by atoms with Crippen LogP contribution in [0.3, 0.4) is 0 Å². The van der Waals surface area contributed by atoms with E-state index in [1.807, 2.05) is 0 Å². The summed E-state index contributed by atoms with van der Waals surface area (Å²) in [6.45, 7) is 0.